The quantitative estimate of drug-likeness (QED) is 0.592. The van der Waals surface area contributed by atoms with Gasteiger partial charge in [0.05, 0.1) is 17.7 Å². The molecule has 0 aliphatic carbocycles. The molecule has 118 valence electrons. The average Bonchev–Trinajstić information content (AvgIpc) is 3.09. The highest BCUT2D eigenvalue weighted by Crippen LogP contribution is 2.23. The van der Waals surface area contributed by atoms with Crippen molar-refractivity contribution in [1.29, 1.82) is 0 Å². The highest BCUT2D eigenvalue weighted by atomic mass is 35.5. The molecule has 1 N–H and O–H groups in total. The Bertz CT molecular complexity index is 994. The predicted octanol–water partition coefficient (Wildman–Crippen LogP) is 4.55. The lowest BCUT2D eigenvalue weighted by atomic mass is 10.2. The van der Waals surface area contributed by atoms with Crippen LogP contribution in [0.25, 0.3) is 22.4 Å². The van der Waals surface area contributed by atoms with Gasteiger partial charge in [0.25, 0.3) is 0 Å². The zero-order valence-corrected chi connectivity index (χ0v) is 13.4. The lowest BCUT2D eigenvalue weighted by Gasteiger charge is -2.06. The molecule has 24 heavy (non-hydrogen) atoms. The molecular formula is C18H13ClN4O. The molecule has 6 heteroatoms. The maximum Gasteiger partial charge on any atom is 0.247 e. The normalized spacial score (nSPS) is 10.9. The third-order valence-electron chi connectivity index (χ3n) is 3.60. The van der Waals surface area contributed by atoms with Gasteiger partial charge in [-0.3, -0.25) is 4.98 Å². The van der Waals surface area contributed by atoms with Crippen molar-refractivity contribution in [3.8, 4) is 11.5 Å². The number of rotatable bonds is 4. The summed E-state index contributed by atoms with van der Waals surface area (Å²) in [5.74, 6) is 0.947. The number of nitrogens with one attached hydrogen (secondary N) is 1. The van der Waals surface area contributed by atoms with E-state index in [0.29, 0.717) is 23.3 Å². The Morgan fingerprint density at radius 1 is 1.00 bits per heavy atom. The van der Waals surface area contributed by atoms with Crippen molar-refractivity contribution in [3.63, 3.8) is 0 Å². The van der Waals surface area contributed by atoms with Gasteiger partial charge in [0, 0.05) is 22.2 Å². The molecule has 0 fully saturated rings. The van der Waals surface area contributed by atoms with Gasteiger partial charge in [-0.2, -0.15) is 0 Å². The minimum atomic E-state index is 0.420. The van der Waals surface area contributed by atoms with Crippen LogP contribution in [0.15, 0.2) is 65.2 Å². The second kappa shape index (κ2) is 6.29. The molecule has 2 heterocycles. The van der Waals surface area contributed by atoms with Crippen LogP contribution in [-0.2, 0) is 6.54 Å². The van der Waals surface area contributed by atoms with Crippen molar-refractivity contribution in [2.45, 2.75) is 6.54 Å². The third-order valence-corrected chi connectivity index (χ3v) is 3.84. The van der Waals surface area contributed by atoms with Crippen molar-refractivity contribution in [1.82, 2.24) is 15.2 Å². The molecule has 0 aliphatic rings. The molecule has 0 saturated heterocycles. The van der Waals surface area contributed by atoms with Crippen LogP contribution in [0, 0.1) is 0 Å². The second-order valence-corrected chi connectivity index (χ2v) is 5.68. The van der Waals surface area contributed by atoms with Gasteiger partial charge in [0.15, 0.2) is 0 Å². The maximum absolute atomic E-state index is 5.99. The van der Waals surface area contributed by atoms with Crippen molar-refractivity contribution >= 4 is 28.2 Å². The number of pyridine rings is 1. The summed E-state index contributed by atoms with van der Waals surface area (Å²) in [6.07, 6.45) is 1.78. The Balaban J connectivity index is 1.54. The number of aromatic nitrogens is 3. The van der Waals surface area contributed by atoms with Crippen LogP contribution in [0.2, 0.25) is 5.02 Å². The minimum Gasteiger partial charge on any atom is -0.419 e. The number of fused-ring (bicyclic) bond motifs is 1. The Hall–Kier alpha value is -2.92. The number of para-hydroxylation sites is 1. The highest BCUT2D eigenvalue weighted by molar-refractivity contribution is 6.30. The summed E-state index contributed by atoms with van der Waals surface area (Å²) in [6.45, 7) is 0.420. The fourth-order valence-corrected chi connectivity index (χ4v) is 2.67. The molecule has 5 nitrogen and oxygen atoms in total. The van der Waals surface area contributed by atoms with Gasteiger partial charge in [0.2, 0.25) is 11.8 Å². The summed E-state index contributed by atoms with van der Waals surface area (Å²) < 4.78 is 5.69. The molecule has 0 spiro atoms. The molecule has 0 amide bonds. The smallest absolute Gasteiger partial charge is 0.247 e. The monoisotopic (exact) mass is 336 g/mol. The summed E-state index contributed by atoms with van der Waals surface area (Å²) in [5, 5.41) is 13.1. The fourth-order valence-electron chi connectivity index (χ4n) is 2.48. The summed E-state index contributed by atoms with van der Waals surface area (Å²) in [4.78, 5) is 4.41. The van der Waals surface area contributed by atoms with Gasteiger partial charge >= 0.3 is 0 Å². The summed E-state index contributed by atoms with van der Waals surface area (Å²) in [5.41, 5.74) is 2.64. The lowest BCUT2D eigenvalue weighted by molar-refractivity contribution is 0.515. The molecule has 0 unspecified atom stereocenters. The van der Waals surface area contributed by atoms with Gasteiger partial charge in [-0.05, 0) is 30.3 Å². The van der Waals surface area contributed by atoms with Gasteiger partial charge in [-0.15, -0.1) is 10.2 Å². The van der Waals surface area contributed by atoms with E-state index in [1.165, 1.54) is 0 Å². The molecule has 0 radical (unpaired) electrons. The standard InChI is InChI=1S/C18H13ClN4O/c19-14-7-1-5-13(10-14)18-23-22-16(24-18)11-21-15-8-2-4-12-6-3-9-20-17(12)15/h1-10,21H,11H2. The van der Waals surface area contributed by atoms with E-state index in [0.717, 1.165) is 22.2 Å². The van der Waals surface area contributed by atoms with E-state index in [2.05, 4.69) is 20.5 Å². The van der Waals surface area contributed by atoms with Crippen molar-refractivity contribution in [2.24, 2.45) is 0 Å². The second-order valence-electron chi connectivity index (χ2n) is 5.25. The van der Waals surface area contributed by atoms with Crippen LogP contribution >= 0.6 is 11.6 Å². The van der Waals surface area contributed by atoms with Gasteiger partial charge in [0.1, 0.15) is 0 Å². The molecule has 0 saturated carbocycles. The molecule has 2 aromatic carbocycles. The Morgan fingerprint density at radius 3 is 2.79 bits per heavy atom. The van der Waals surface area contributed by atoms with E-state index >= 15 is 0 Å². The fraction of sp³-hybridized carbons (Fsp3) is 0.0556. The van der Waals surface area contributed by atoms with E-state index in [1.54, 1.807) is 18.3 Å². The number of hydrogen-bond acceptors (Lipinski definition) is 5. The number of hydrogen-bond donors (Lipinski definition) is 1. The lowest BCUT2D eigenvalue weighted by Crippen LogP contribution is -2.00. The molecule has 2 aromatic heterocycles. The van der Waals surface area contributed by atoms with Gasteiger partial charge < -0.3 is 9.73 Å². The molecule has 0 bridgehead atoms. The molecular weight excluding hydrogens is 324 g/mol. The van der Waals surface area contributed by atoms with Crippen LogP contribution in [0.1, 0.15) is 5.89 Å². The first-order valence-electron chi connectivity index (χ1n) is 7.45. The molecule has 4 aromatic rings. The molecule has 0 atom stereocenters. The first-order valence-corrected chi connectivity index (χ1v) is 7.83. The summed E-state index contributed by atoms with van der Waals surface area (Å²) >= 11 is 5.99. The first-order chi connectivity index (χ1) is 11.8. The van der Waals surface area contributed by atoms with Crippen molar-refractivity contribution < 1.29 is 4.42 Å². The van der Waals surface area contributed by atoms with Gasteiger partial charge in [-0.1, -0.05) is 35.9 Å². The van der Waals surface area contributed by atoms with Crippen molar-refractivity contribution in [2.75, 3.05) is 5.32 Å². The van der Waals surface area contributed by atoms with E-state index in [9.17, 15) is 0 Å². The van der Waals surface area contributed by atoms with Gasteiger partial charge in [-0.25, -0.2) is 0 Å². The first kappa shape index (κ1) is 14.7. The van der Waals surface area contributed by atoms with Crippen LogP contribution in [0.4, 0.5) is 5.69 Å². The molecule has 4 rings (SSSR count). The maximum atomic E-state index is 5.99. The largest absolute Gasteiger partial charge is 0.419 e. The summed E-state index contributed by atoms with van der Waals surface area (Å²) in [7, 11) is 0. The third kappa shape index (κ3) is 2.94. The van der Waals surface area contributed by atoms with E-state index < -0.39 is 0 Å². The van der Waals surface area contributed by atoms with Crippen LogP contribution in [0.3, 0.4) is 0 Å². The van der Waals surface area contributed by atoms with Crippen LogP contribution in [0.5, 0.6) is 0 Å². The number of nitrogens with zero attached hydrogens (tertiary/aromatic N) is 3. The zero-order valence-electron chi connectivity index (χ0n) is 12.6. The van der Waals surface area contributed by atoms with E-state index in [1.807, 2.05) is 42.5 Å². The Kier molecular flexibility index (Phi) is 3.84. The van der Waals surface area contributed by atoms with Crippen LogP contribution in [-0.4, -0.2) is 15.2 Å². The number of halogens is 1. The van der Waals surface area contributed by atoms with E-state index in [4.69, 9.17) is 16.0 Å². The van der Waals surface area contributed by atoms with Crippen molar-refractivity contribution in [3.05, 3.63) is 71.7 Å². The summed E-state index contributed by atoms with van der Waals surface area (Å²) in [6, 6.07) is 17.3. The molecule has 0 aliphatic heterocycles. The Morgan fingerprint density at radius 2 is 1.88 bits per heavy atom. The predicted molar refractivity (Wildman–Crippen MR) is 93.8 cm³/mol. The Labute approximate surface area is 143 Å². The highest BCUT2D eigenvalue weighted by Gasteiger charge is 2.09. The van der Waals surface area contributed by atoms with Crippen LogP contribution < -0.4 is 5.32 Å². The minimum absolute atomic E-state index is 0.420. The zero-order chi connectivity index (χ0) is 16.4. The number of anilines is 1. The van der Waals surface area contributed by atoms with E-state index in [-0.39, 0.29) is 0 Å². The SMILES string of the molecule is Clc1cccc(-c2nnc(CNc3cccc4cccnc34)o2)c1. The average molecular weight is 337 g/mol. The topological polar surface area (TPSA) is 63.8 Å². The number of benzene rings is 2.